The van der Waals surface area contributed by atoms with E-state index in [1.54, 1.807) is 30.3 Å². The van der Waals surface area contributed by atoms with Gasteiger partial charge in [0.15, 0.2) is 0 Å². The number of ether oxygens (including phenoxy) is 1. The minimum Gasteiger partial charge on any atom is -0.494 e. The van der Waals surface area contributed by atoms with E-state index in [2.05, 4.69) is 5.32 Å². The van der Waals surface area contributed by atoms with E-state index < -0.39 is 34.2 Å². The lowest BCUT2D eigenvalue weighted by atomic mass is 10.2. The van der Waals surface area contributed by atoms with Crippen LogP contribution in [0.15, 0.2) is 83.8 Å². The Kier molecular flexibility index (Phi) is 7.83. The Morgan fingerprint density at radius 2 is 1.68 bits per heavy atom. The average Bonchev–Trinajstić information content (AvgIpc) is 2.82. The number of carbonyl (C=O) groups is 1. The lowest BCUT2D eigenvalue weighted by Crippen LogP contribution is -2.40. The Morgan fingerprint density at radius 3 is 2.35 bits per heavy atom. The fourth-order valence-corrected chi connectivity index (χ4v) is 4.60. The zero-order chi connectivity index (χ0) is 24.8. The van der Waals surface area contributed by atoms with E-state index in [4.69, 9.17) is 4.74 Å². The van der Waals surface area contributed by atoms with Crippen LogP contribution in [0.2, 0.25) is 0 Å². The maximum Gasteiger partial charge on any atom is 0.416 e. The van der Waals surface area contributed by atoms with Gasteiger partial charge in [-0.3, -0.25) is 9.10 Å². The van der Waals surface area contributed by atoms with Crippen LogP contribution in [0.5, 0.6) is 5.75 Å². The molecule has 3 aromatic rings. The summed E-state index contributed by atoms with van der Waals surface area (Å²) in [5.41, 5.74) is -0.575. The minimum atomic E-state index is -4.67. The highest BCUT2D eigenvalue weighted by Gasteiger charge is 2.33. The van der Waals surface area contributed by atoms with Gasteiger partial charge in [-0.1, -0.05) is 36.4 Å². The molecule has 3 aromatic carbocycles. The molecule has 0 aliphatic rings. The molecule has 0 saturated carbocycles. The number of sulfonamides is 1. The molecule has 0 saturated heterocycles. The summed E-state index contributed by atoms with van der Waals surface area (Å²) in [4.78, 5) is 12.6. The van der Waals surface area contributed by atoms with Crippen LogP contribution < -0.4 is 14.4 Å². The fourth-order valence-electron chi connectivity index (χ4n) is 3.17. The molecule has 0 aliphatic carbocycles. The van der Waals surface area contributed by atoms with Crippen molar-refractivity contribution in [2.45, 2.75) is 24.5 Å². The lowest BCUT2D eigenvalue weighted by Gasteiger charge is -2.25. The third kappa shape index (κ3) is 6.28. The van der Waals surface area contributed by atoms with Crippen LogP contribution in [0.4, 0.5) is 18.9 Å². The van der Waals surface area contributed by atoms with Crippen molar-refractivity contribution in [3.8, 4) is 5.75 Å². The van der Waals surface area contributed by atoms with Gasteiger partial charge >= 0.3 is 6.18 Å². The van der Waals surface area contributed by atoms with E-state index >= 15 is 0 Å². The van der Waals surface area contributed by atoms with Gasteiger partial charge < -0.3 is 10.1 Å². The maximum atomic E-state index is 13.3. The molecule has 0 unspecified atom stereocenters. The molecule has 6 nitrogen and oxygen atoms in total. The van der Waals surface area contributed by atoms with Gasteiger partial charge in [-0.25, -0.2) is 8.42 Å². The maximum absolute atomic E-state index is 13.3. The monoisotopic (exact) mass is 492 g/mol. The number of carbonyl (C=O) groups excluding carboxylic acids is 1. The van der Waals surface area contributed by atoms with Crippen LogP contribution in [0.1, 0.15) is 18.1 Å². The summed E-state index contributed by atoms with van der Waals surface area (Å²) in [5.74, 6) is -0.0646. The topological polar surface area (TPSA) is 75.7 Å². The van der Waals surface area contributed by atoms with E-state index in [1.165, 1.54) is 30.3 Å². The van der Waals surface area contributed by atoms with Gasteiger partial charge in [0.2, 0.25) is 5.91 Å². The van der Waals surface area contributed by atoms with Crippen molar-refractivity contribution in [2.24, 2.45) is 0 Å². The van der Waals surface area contributed by atoms with E-state index in [1.807, 2.05) is 6.92 Å². The molecule has 1 amide bonds. The molecular weight excluding hydrogens is 469 g/mol. The second kappa shape index (κ2) is 10.6. The summed E-state index contributed by atoms with van der Waals surface area (Å²) in [6.07, 6.45) is -4.67. The van der Waals surface area contributed by atoms with Crippen molar-refractivity contribution in [1.82, 2.24) is 5.32 Å². The summed E-state index contributed by atoms with van der Waals surface area (Å²) >= 11 is 0. The van der Waals surface area contributed by atoms with Crippen molar-refractivity contribution in [2.75, 3.05) is 17.5 Å². The first-order chi connectivity index (χ1) is 16.1. The predicted octanol–water partition coefficient (Wildman–Crippen LogP) is 4.62. The molecule has 3 rings (SSSR count). The first kappa shape index (κ1) is 25.1. The zero-order valence-electron chi connectivity index (χ0n) is 18.2. The molecule has 0 heterocycles. The Labute approximate surface area is 196 Å². The van der Waals surface area contributed by atoms with Gasteiger partial charge in [0.25, 0.3) is 10.0 Å². The largest absolute Gasteiger partial charge is 0.494 e. The SMILES string of the molecule is CCOc1cccc(CNC(=O)CN(c2cccc(C(F)(F)F)c2)S(=O)(=O)c2ccccc2)c1. The summed E-state index contributed by atoms with van der Waals surface area (Å²) in [7, 11) is -4.32. The number of halogens is 3. The molecular formula is C24H23F3N2O4S. The fraction of sp³-hybridized carbons (Fsp3) is 0.208. The second-order valence-electron chi connectivity index (χ2n) is 7.23. The summed E-state index contributed by atoms with van der Waals surface area (Å²) in [5, 5.41) is 2.61. The second-order valence-corrected chi connectivity index (χ2v) is 9.09. The number of hydrogen-bond acceptors (Lipinski definition) is 4. The first-order valence-corrected chi connectivity index (χ1v) is 11.8. The molecule has 0 atom stereocenters. The number of rotatable bonds is 9. The van der Waals surface area contributed by atoms with E-state index in [0.717, 1.165) is 17.7 Å². The number of nitrogens with one attached hydrogen (secondary N) is 1. The van der Waals surface area contributed by atoms with E-state index in [9.17, 15) is 26.4 Å². The van der Waals surface area contributed by atoms with Gasteiger partial charge in [0.1, 0.15) is 12.3 Å². The Balaban J connectivity index is 1.87. The van der Waals surface area contributed by atoms with Crippen LogP contribution in [-0.4, -0.2) is 27.5 Å². The number of alkyl halides is 3. The highest BCUT2D eigenvalue weighted by molar-refractivity contribution is 7.92. The van der Waals surface area contributed by atoms with Crippen LogP contribution in [0.25, 0.3) is 0 Å². The molecule has 180 valence electrons. The lowest BCUT2D eigenvalue weighted by molar-refractivity contribution is -0.137. The summed E-state index contributed by atoms with van der Waals surface area (Å²) < 4.78 is 72.4. The summed E-state index contributed by atoms with van der Waals surface area (Å²) in [6.45, 7) is 1.69. The Morgan fingerprint density at radius 1 is 0.971 bits per heavy atom. The van der Waals surface area contributed by atoms with E-state index in [0.29, 0.717) is 22.7 Å². The predicted molar refractivity (Wildman–Crippen MR) is 122 cm³/mol. The number of anilines is 1. The third-order valence-corrected chi connectivity index (χ3v) is 6.57. The first-order valence-electron chi connectivity index (χ1n) is 10.3. The van der Waals surface area contributed by atoms with Crippen molar-refractivity contribution in [1.29, 1.82) is 0 Å². The normalized spacial score (nSPS) is 11.6. The molecule has 0 aliphatic heterocycles. The smallest absolute Gasteiger partial charge is 0.416 e. The van der Waals surface area contributed by atoms with Crippen molar-refractivity contribution < 1.29 is 31.1 Å². The van der Waals surface area contributed by atoms with Crippen molar-refractivity contribution in [3.05, 3.63) is 90.0 Å². The minimum absolute atomic E-state index is 0.0849. The van der Waals surface area contributed by atoms with Crippen LogP contribution >= 0.6 is 0 Å². The Hall–Kier alpha value is -3.53. The standard InChI is InChI=1S/C24H23F3N2O4S/c1-2-33-21-11-6-8-18(14-21)16-28-23(30)17-29(34(31,32)22-12-4-3-5-13-22)20-10-7-9-19(15-20)24(25,26)27/h3-15H,2,16-17H2,1H3,(H,28,30). The van der Waals surface area contributed by atoms with Gasteiger partial charge in [-0.2, -0.15) is 13.2 Å². The van der Waals surface area contributed by atoms with Crippen molar-refractivity contribution in [3.63, 3.8) is 0 Å². The molecule has 0 aromatic heterocycles. The molecule has 0 bridgehead atoms. The molecule has 34 heavy (non-hydrogen) atoms. The molecule has 0 radical (unpaired) electrons. The molecule has 10 heteroatoms. The van der Waals surface area contributed by atoms with Crippen LogP contribution in [0, 0.1) is 0 Å². The highest BCUT2D eigenvalue weighted by Crippen LogP contribution is 2.33. The summed E-state index contributed by atoms with van der Waals surface area (Å²) in [6, 6.07) is 18.1. The molecule has 0 spiro atoms. The number of benzene rings is 3. The van der Waals surface area contributed by atoms with Gasteiger partial charge in [0.05, 0.1) is 22.8 Å². The van der Waals surface area contributed by atoms with Gasteiger partial charge in [-0.15, -0.1) is 0 Å². The molecule has 1 N–H and O–H groups in total. The van der Waals surface area contributed by atoms with E-state index in [-0.39, 0.29) is 17.1 Å². The number of nitrogens with zero attached hydrogens (tertiary/aromatic N) is 1. The molecule has 0 fully saturated rings. The third-order valence-electron chi connectivity index (χ3n) is 4.78. The highest BCUT2D eigenvalue weighted by atomic mass is 32.2. The number of amides is 1. The van der Waals surface area contributed by atoms with Gasteiger partial charge in [0, 0.05) is 6.54 Å². The van der Waals surface area contributed by atoms with Crippen molar-refractivity contribution >= 4 is 21.6 Å². The quantitative estimate of drug-likeness (QED) is 0.473. The van der Waals surface area contributed by atoms with Gasteiger partial charge in [-0.05, 0) is 55.0 Å². The Bertz CT molecular complexity index is 1230. The average molecular weight is 493 g/mol. The van der Waals surface area contributed by atoms with Crippen LogP contribution in [-0.2, 0) is 27.5 Å². The zero-order valence-corrected chi connectivity index (χ0v) is 19.1. The van der Waals surface area contributed by atoms with Crippen LogP contribution in [0.3, 0.4) is 0 Å². The number of hydrogen-bond donors (Lipinski definition) is 1.